The van der Waals surface area contributed by atoms with Gasteiger partial charge in [-0.05, 0) is 25.8 Å². The van der Waals surface area contributed by atoms with Crippen molar-refractivity contribution < 1.29 is 5.11 Å². The lowest BCUT2D eigenvalue weighted by Gasteiger charge is -2.22. The van der Waals surface area contributed by atoms with Crippen molar-refractivity contribution in [1.82, 2.24) is 14.9 Å². The summed E-state index contributed by atoms with van der Waals surface area (Å²) in [5.74, 6) is 1.75. The zero-order valence-electron chi connectivity index (χ0n) is 9.52. The number of rotatable bonds is 2. The average molecular weight is 221 g/mol. The van der Waals surface area contributed by atoms with Gasteiger partial charge < -0.3 is 15.0 Å². The molecule has 0 aliphatic carbocycles. The van der Waals surface area contributed by atoms with E-state index in [-0.39, 0.29) is 12.6 Å². The van der Waals surface area contributed by atoms with Crippen LogP contribution in [0.5, 0.6) is 0 Å². The molecule has 2 unspecified atom stereocenters. The van der Waals surface area contributed by atoms with Gasteiger partial charge in [-0.15, -0.1) is 0 Å². The van der Waals surface area contributed by atoms with Crippen molar-refractivity contribution in [3.63, 3.8) is 0 Å². The van der Waals surface area contributed by atoms with Gasteiger partial charge in [-0.3, -0.25) is 0 Å². The number of aliphatic hydroxyl groups excluding tert-OH is 1. The summed E-state index contributed by atoms with van der Waals surface area (Å²) in [6.45, 7) is 2.41. The van der Waals surface area contributed by atoms with Crippen LogP contribution < -0.4 is 5.32 Å². The Morgan fingerprint density at radius 1 is 1.50 bits per heavy atom. The predicted octanol–water partition coefficient (Wildman–Crippen LogP) is 0.830. The quantitative estimate of drug-likeness (QED) is 0.777. The molecule has 88 valence electrons. The smallest absolute Gasteiger partial charge is 0.109 e. The van der Waals surface area contributed by atoms with Crippen LogP contribution in [0.2, 0.25) is 0 Å². The van der Waals surface area contributed by atoms with Crippen LogP contribution in [0.15, 0.2) is 6.20 Å². The third kappa shape index (κ3) is 1.66. The number of fused-ring (bicyclic) bond motifs is 1. The van der Waals surface area contributed by atoms with Gasteiger partial charge in [0.1, 0.15) is 5.82 Å². The second-order valence-electron chi connectivity index (χ2n) is 4.91. The van der Waals surface area contributed by atoms with E-state index >= 15 is 0 Å². The van der Waals surface area contributed by atoms with E-state index < -0.39 is 0 Å². The van der Waals surface area contributed by atoms with Gasteiger partial charge in [-0.2, -0.15) is 0 Å². The lowest BCUT2D eigenvalue weighted by atomic mass is 10.1. The number of nitrogens with zero attached hydrogens (tertiary/aromatic N) is 2. The van der Waals surface area contributed by atoms with Crippen LogP contribution in [-0.4, -0.2) is 34.4 Å². The van der Waals surface area contributed by atoms with E-state index in [0.717, 1.165) is 32.4 Å². The maximum atomic E-state index is 9.35. The molecule has 0 spiro atoms. The fraction of sp³-hybridized carbons (Fsp3) is 0.750. The molecule has 1 aromatic heterocycles. The second kappa shape index (κ2) is 4.18. The van der Waals surface area contributed by atoms with Crippen LogP contribution >= 0.6 is 0 Å². The van der Waals surface area contributed by atoms with Crippen molar-refractivity contribution in [3.8, 4) is 0 Å². The Balaban J connectivity index is 1.89. The molecular weight excluding hydrogens is 202 g/mol. The van der Waals surface area contributed by atoms with E-state index in [4.69, 9.17) is 4.98 Å². The molecule has 3 rings (SSSR count). The molecule has 0 saturated carbocycles. The van der Waals surface area contributed by atoms with Crippen molar-refractivity contribution in [1.29, 1.82) is 0 Å². The molecule has 4 nitrogen and oxygen atoms in total. The Kier molecular flexibility index (Phi) is 2.69. The van der Waals surface area contributed by atoms with E-state index in [1.165, 1.54) is 17.9 Å². The van der Waals surface area contributed by atoms with Gasteiger partial charge in [0.15, 0.2) is 0 Å². The molecule has 1 saturated heterocycles. The standard InChI is InChI=1S/C12H19N3O/c16-8-10-2-1-3-12-14-11(7-15(10)12)9-4-5-13-6-9/h7,9-10,13,16H,1-6,8H2. The van der Waals surface area contributed by atoms with E-state index in [1.807, 2.05) is 0 Å². The molecule has 2 atom stereocenters. The molecule has 1 fully saturated rings. The van der Waals surface area contributed by atoms with Crippen molar-refractivity contribution in [3.05, 3.63) is 17.7 Å². The van der Waals surface area contributed by atoms with Gasteiger partial charge >= 0.3 is 0 Å². The predicted molar refractivity (Wildman–Crippen MR) is 61.5 cm³/mol. The lowest BCUT2D eigenvalue weighted by Crippen LogP contribution is -2.20. The molecule has 0 aromatic carbocycles. The summed E-state index contributed by atoms with van der Waals surface area (Å²) in [5, 5.41) is 12.7. The average Bonchev–Trinajstić information content (AvgIpc) is 2.96. The molecule has 1 aromatic rings. The van der Waals surface area contributed by atoms with Gasteiger partial charge in [0.25, 0.3) is 0 Å². The first-order valence-corrected chi connectivity index (χ1v) is 6.27. The van der Waals surface area contributed by atoms with Crippen LogP contribution in [0.3, 0.4) is 0 Å². The van der Waals surface area contributed by atoms with Crippen molar-refractivity contribution >= 4 is 0 Å². The number of aryl methyl sites for hydroxylation is 1. The maximum Gasteiger partial charge on any atom is 0.109 e. The summed E-state index contributed by atoms with van der Waals surface area (Å²) in [6.07, 6.45) is 6.68. The van der Waals surface area contributed by atoms with Gasteiger partial charge in [-0.25, -0.2) is 4.98 Å². The van der Waals surface area contributed by atoms with E-state index in [1.54, 1.807) is 0 Å². The molecule has 2 aliphatic heterocycles. The minimum absolute atomic E-state index is 0.242. The molecule has 0 bridgehead atoms. The lowest BCUT2D eigenvalue weighted by molar-refractivity contribution is 0.206. The van der Waals surface area contributed by atoms with Gasteiger partial charge in [-0.1, -0.05) is 0 Å². The van der Waals surface area contributed by atoms with Gasteiger partial charge in [0, 0.05) is 25.1 Å². The Labute approximate surface area is 95.7 Å². The van der Waals surface area contributed by atoms with Crippen LogP contribution in [0.1, 0.15) is 42.7 Å². The normalized spacial score (nSPS) is 29.3. The molecular formula is C12H19N3O. The summed E-state index contributed by atoms with van der Waals surface area (Å²) in [4.78, 5) is 4.74. The molecule has 0 radical (unpaired) electrons. The number of imidazole rings is 1. The van der Waals surface area contributed by atoms with Crippen LogP contribution in [0, 0.1) is 0 Å². The topological polar surface area (TPSA) is 50.1 Å². The minimum Gasteiger partial charge on any atom is -0.394 e. The largest absolute Gasteiger partial charge is 0.394 e. The maximum absolute atomic E-state index is 9.35. The molecule has 2 N–H and O–H groups in total. The Bertz CT molecular complexity index is 368. The highest BCUT2D eigenvalue weighted by molar-refractivity contribution is 5.14. The van der Waals surface area contributed by atoms with E-state index in [0.29, 0.717) is 5.92 Å². The van der Waals surface area contributed by atoms with Crippen molar-refractivity contribution in [2.45, 2.75) is 37.6 Å². The first-order chi connectivity index (χ1) is 7.88. The molecule has 0 amide bonds. The number of hydrogen-bond acceptors (Lipinski definition) is 3. The highest BCUT2D eigenvalue weighted by atomic mass is 16.3. The van der Waals surface area contributed by atoms with Crippen LogP contribution in [0.25, 0.3) is 0 Å². The zero-order chi connectivity index (χ0) is 11.0. The zero-order valence-corrected chi connectivity index (χ0v) is 9.52. The monoisotopic (exact) mass is 221 g/mol. The van der Waals surface area contributed by atoms with Crippen molar-refractivity contribution in [2.75, 3.05) is 19.7 Å². The molecule has 2 aliphatic rings. The first-order valence-electron chi connectivity index (χ1n) is 6.27. The summed E-state index contributed by atoms with van der Waals surface area (Å²) in [7, 11) is 0. The second-order valence-corrected chi connectivity index (χ2v) is 4.91. The fourth-order valence-electron chi connectivity index (χ4n) is 2.87. The Morgan fingerprint density at radius 2 is 2.44 bits per heavy atom. The highest BCUT2D eigenvalue weighted by Crippen LogP contribution is 2.28. The van der Waals surface area contributed by atoms with E-state index in [2.05, 4.69) is 16.1 Å². The first kappa shape index (κ1) is 10.3. The third-order valence-corrected chi connectivity index (χ3v) is 3.85. The summed E-state index contributed by atoms with van der Waals surface area (Å²) in [6, 6.07) is 0.263. The summed E-state index contributed by atoms with van der Waals surface area (Å²) < 4.78 is 2.21. The Hall–Kier alpha value is -0.870. The fourth-order valence-corrected chi connectivity index (χ4v) is 2.87. The Morgan fingerprint density at radius 3 is 3.19 bits per heavy atom. The number of nitrogens with one attached hydrogen (secondary N) is 1. The van der Waals surface area contributed by atoms with Gasteiger partial charge in [0.05, 0.1) is 18.3 Å². The van der Waals surface area contributed by atoms with Gasteiger partial charge in [0.2, 0.25) is 0 Å². The number of aromatic nitrogens is 2. The molecule has 16 heavy (non-hydrogen) atoms. The summed E-state index contributed by atoms with van der Waals surface area (Å²) >= 11 is 0. The van der Waals surface area contributed by atoms with E-state index in [9.17, 15) is 5.11 Å². The number of hydrogen-bond donors (Lipinski definition) is 2. The summed E-state index contributed by atoms with van der Waals surface area (Å²) in [5.41, 5.74) is 1.22. The van der Waals surface area contributed by atoms with Crippen LogP contribution in [-0.2, 0) is 6.42 Å². The molecule has 3 heterocycles. The highest BCUT2D eigenvalue weighted by Gasteiger charge is 2.25. The number of aliphatic hydroxyl groups is 1. The third-order valence-electron chi connectivity index (χ3n) is 3.85. The molecule has 4 heteroatoms. The SMILES string of the molecule is OCC1CCCc2nc(C3CCNC3)cn21. The van der Waals surface area contributed by atoms with Crippen molar-refractivity contribution in [2.24, 2.45) is 0 Å². The minimum atomic E-state index is 0.242. The van der Waals surface area contributed by atoms with Crippen LogP contribution in [0.4, 0.5) is 0 Å².